The van der Waals surface area contributed by atoms with E-state index in [1.165, 1.54) is 5.56 Å². The zero-order valence-electron chi connectivity index (χ0n) is 15.8. The van der Waals surface area contributed by atoms with E-state index >= 15 is 0 Å². The number of hydrogen-bond acceptors (Lipinski definition) is 3. The first-order chi connectivity index (χ1) is 12.3. The second kappa shape index (κ2) is 6.94. The molecule has 1 fully saturated rings. The Hall–Kier alpha value is -2.62. The van der Waals surface area contributed by atoms with Crippen LogP contribution in [0.3, 0.4) is 0 Å². The van der Waals surface area contributed by atoms with Crippen LogP contribution in [0.5, 0.6) is 5.75 Å². The highest BCUT2D eigenvalue weighted by Gasteiger charge is 2.36. The van der Waals surface area contributed by atoms with Gasteiger partial charge < -0.3 is 9.64 Å². The maximum Gasteiger partial charge on any atom is 0.316 e. The van der Waals surface area contributed by atoms with Gasteiger partial charge in [-0.1, -0.05) is 51.1 Å². The monoisotopic (exact) mass is 351 g/mol. The fourth-order valence-corrected chi connectivity index (χ4v) is 3.19. The van der Waals surface area contributed by atoms with E-state index < -0.39 is 5.92 Å². The summed E-state index contributed by atoms with van der Waals surface area (Å²) in [6, 6.07) is 15.3. The Morgan fingerprint density at radius 1 is 1.08 bits per heavy atom. The van der Waals surface area contributed by atoms with Crippen molar-refractivity contribution in [3.63, 3.8) is 0 Å². The topological polar surface area (TPSA) is 46.6 Å². The van der Waals surface area contributed by atoms with Crippen LogP contribution >= 0.6 is 0 Å². The number of ether oxygens (including phenoxy) is 1. The van der Waals surface area contributed by atoms with Gasteiger partial charge in [-0.05, 0) is 41.7 Å². The number of carbonyl (C=O) groups excluding carboxylic acids is 2. The summed E-state index contributed by atoms with van der Waals surface area (Å²) in [6.45, 7) is 8.74. The number of amides is 1. The van der Waals surface area contributed by atoms with Crippen molar-refractivity contribution in [2.75, 3.05) is 11.4 Å². The second-order valence-corrected chi connectivity index (χ2v) is 7.89. The Morgan fingerprint density at radius 3 is 2.35 bits per heavy atom. The maximum absolute atomic E-state index is 12.5. The van der Waals surface area contributed by atoms with E-state index in [-0.39, 0.29) is 23.7 Å². The van der Waals surface area contributed by atoms with Gasteiger partial charge in [-0.3, -0.25) is 9.59 Å². The third-order valence-corrected chi connectivity index (χ3v) is 4.80. The SMILES string of the molecule is Cc1ccccc1N1C[C@@H](C(=O)Oc2ccc(C(C)(C)C)cc2)CC1=O. The Balaban J connectivity index is 1.68. The summed E-state index contributed by atoms with van der Waals surface area (Å²) in [6.07, 6.45) is 0.188. The highest BCUT2D eigenvalue weighted by atomic mass is 16.5. The van der Waals surface area contributed by atoms with Gasteiger partial charge >= 0.3 is 5.97 Å². The van der Waals surface area contributed by atoms with Gasteiger partial charge in [0.2, 0.25) is 5.91 Å². The molecule has 1 atom stereocenters. The lowest BCUT2D eigenvalue weighted by molar-refractivity contribution is -0.139. The van der Waals surface area contributed by atoms with Gasteiger partial charge in [-0.15, -0.1) is 0 Å². The summed E-state index contributed by atoms with van der Waals surface area (Å²) in [7, 11) is 0. The average molecular weight is 351 g/mol. The first-order valence-electron chi connectivity index (χ1n) is 8.94. The standard InChI is InChI=1S/C22H25NO3/c1-15-7-5-6-8-19(15)23-14-16(13-20(23)24)21(25)26-18-11-9-17(10-12-18)22(2,3)4/h5-12,16H,13-14H2,1-4H3/t16-/m0/s1. The molecule has 136 valence electrons. The number of hydrogen-bond donors (Lipinski definition) is 0. The first-order valence-corrected chi connectivity index (χ1v) is 8.94. The lowest BCUT2D eigenvalue weighted by Crippen LogP contribution is -2.27. The minimum atomic E-state index is -0.440. The lowest BCUT2D eigenvalue weighted by Gasteiger charge is -2.19. The van der Waals surface area contributed by atoms with E-state index in [0.717, 1.165) is 11.3 Å². The van der Waals surface area contributed by atoms with Crippen molar-refractivity contribution in [2.24, 2.45) is 5.92 Å². The van der Waals surface area contributed by atoms with Crippen molar-refractivity contribution in [1.82, 2.24) is 0 Å². The Bertz CT molecular complexity index is 818. The number of anilines is 1. The summed E-state index contributed by atoms with van der Waals surface area (Å²) in [5.74, 6) is -0.309. The van der Waals surface area contributed by atoms with Crippen LogP contribution in [0.15, 0.2) is 48.5 Å². The van der Waals surface area contributed by atoms with Crippen molar-refractivity contribution >= 4 is 17.6 Å². The Morgan fingerprint density at radius 2 is 1.73 bits per heavy atom. The molecule has 3 rings (SSSR count). The summed E-state index contributed by atoms with van der Waals surface area (Å²) in [5.41, 5.74) is 3.11. The molecule has 1 aliphatic rings. The minimum Gasteiger partial charge on any atom is -0.426 e. The molecule has 0 aliphatic carbocycles. The molecule has 4 heteroatoms. The van der Waals surface area contributed by atoms with E-state index in [9.17, 15) is 9.59 Å². The zero-order valence-corrected chi connectivity index (χ0v) is 15.8. The van der Waals surface area contributed by atoms with Crippen LogP contribution in [0.25, 0.3) is 0 Å². The number of benzene rings is 2. The molecule has 1 amide bonds. The predicted octanol–water partition coefficient (Wildman–Crippen LogP) is 4.25. The minimum absolute atomic E-state index is 0.0377. The molecule has 0 unspecified atom stereocenters. The fourth-order valence-electron chi connectivity index (χ4n) is 3.19. The summed E-state index contributed by atoms with van der Waals surface area (Å²) < 4.78 is 5.51. The van der Waals surface area contributed by atoms with Crippen LogP contribution in [0.2, 0.25) is 0 Å². The summed E-state index contributed by atoms with van der Waals surface area (Å²) in [5, 5.41) is 0. The van der Waals surface area contributed by atoms with E-state index in [2.05, 4.69) is 20.8 Å². The highest BCUT2D eigenvalue weighted by Crippen LogP contribution is 2.29. The van der Waals surface area contributed by atoms with Gasteiger partial charge in [0.1, 0.15) is 5.75 Å². The molecule has 0 radical (unpaired) electrons. The molecule has 0 bridgehead atoms. The molecule has 1 aliphatic heterocycles. The number of esters is 1. The van der Waals surface area contributed by atoms with E-state index in [0.29, 0.717) is 12.3 Å². The van der Waals surface area contributed by atoms with Crippen LogP contribution < -0.4 is 9.64 Å². The molecule has 0 N–H and O–H groups in total. The maximum atomic E-state index is 12.5. The molecular formula is C22H25NO3. The van der Waals surface area contributed by atoms with Crippen LogP contribution in [0.1, 0.15) is 38.3 Å². The molecule has 1 heterocycles. The van der Waals surface area contributed by atoms with Crippen LogP contribution in [-0.4, -0.2) is 18.4 Å². The van der Waals surface area contributed by atoms with Crippen molar-refractivity contribution < 1.29 is 14.3 Å². The van der Waals surface area contributed by atoms with E-state index in [4.69, 9.17) is 4.74 Å². The molecule has 2 aromatic carbocycles. The largest absolute Gasteiger partial charge is 0.426 e. The van der Waals surface area contributed by atoms with Crippen molar-refractivity contribution in [3.05, 3.63) is 59.7 Å². The van der Waals surface area contributed by atoms with Crippen LogP contribution in [0.4, 0.5) is 5.69 Å². The predicted molar refractivity (Wildman–Crippen MR) is 102 cm³/mol. The second-order valence-electron chi connectivity index (χ2n) is 7.89. The quantitative estimate of drug-likeness (QED) is 0.613. The molecule has 0 spiro atoms. The van der Waals surface area contributed by atoms with Gasteiger partial charge in [0.05, 0.1) is 5.92 Å². The normalized spacial score (nSPS) is 17.5. The van der Waals surface area contributed by atoms with Crippen molar-refractivity contribution in [1.29, 1.82) is 0 Å². The molecule has 0 aromatic heterocycles. The number of aryl methyl sites for hydroxylation is 1. The van der Waals surface area contributed by atoms with Gasteiger partial charge in [-0.2, -0.15) is 0 Å². The molecule has 2 aromatic rings. The Labute approximate surface area is 154 Å². The lowest BCUT2D eigenvalue weighted by atomic mass is 9.87. The van der Waals surface area contributed by atoms with Gasteiger partial charge in [0, 0.05) is 18.7 Å². The van der Waals surface area contributed by atoms with E-state index in [1.807, 2.05) is 55.5 Å². The molecule has 0 saturated carbocycles. The molecular weight excluding hydrogens is 326 g/mol. The average Bonchev–Trinajstić information content (AvgIpc) is 2.97. The molecule has 1 saturated heterocycles. The fraction of sp³-hybridized carbons (Fsp3) is 0.364. The summed E-state index contributed by atoms with van der Waals surface area (Å²) in [4.78, 5) is 26.6. The molecule has 26 heavy (non-hydrogen) atoms. The van der Waals surface area contributed by atoms with Gasteiger partial charge in [0.15, 0.2) is 0 Å². The number of nitrogens with zero attached hydrogens (tertiary/aromatic N) is 1. The highest BCUT2D eigenvalue weighted by molar-refractivity contribution is 6.00. The zero-order chi connectivity index (χ0) is 18.9. The number of carbonyl (C=O) groups is 2. The molecule has 4 nitrogen and oxygen atoms in total. The van der Waals surface area contributed by atoms with Crippen LogP contribution in [0, 0.1) is 12.8 Å². The van der Waals surface area contributed by atoms with Gasteiger partial charge in [-0.25, -0.2) is 0 Å². The number of para-hydroxylation sites is 1. The smallest absolute Gasteiger partial charge is 0.316 e. The number of rotatable bonds is 3. The van der Waals surface area contributed by atoms with E-state index in [1.54, 1.807) is 4.90 Å². The van der Waals surface area contributed by atoms with Crippen LogP contribution in [-0.2, 0) is 15.0 Å². The third-order valence-electron chi connectivity index (χ3n) is 4.80. The van der Waals surface area contributed by atoms with Gasteiger partial charge in [0.25, 0.3) is 0 Å². The first kappa shape index (κ1) is 18.2. The van der Waals surface area contributed by atoms with Crippen molar-refractivity contribution in [2.45, 2.75) is 39.5 Å². The summed E-state index contributed by atoms with van der Waals surface area (Å²) >= 11 is 0. The third kappa shape index (κ3) is 3.79. The Kier molecular flexibility index (Phi) is 4.86. The van der Waals surface area contributed by atoms with Crippen molar-refractivity contribution in [3.8, 4) is 5.75 Å².